The molecule has 8 heteroatoms. The van der Waals surface area contributed by atoms with Crippen molar-refractivity contribution in [1.82, 2.24) is 20.4 Å². The largest absolute Gasteiger partial charge is 0.337 e. The molecule has 0 bridgehead atoms. The molecular weight excluding hydrogens is 252 g/mol. The molecule has 1 spiro atoms. The lowest BCUT2D eigenvalue weighted by atomic mass is 9.66. The number of urea groups is 1. The maximum atomic E-state index is 12.3. The van der Waals surface area contributed by atoms with Crippen LogP contribution in [0.3, 0.4) is 0 Å². The van der Waals surface area contributed by atoms with E-state index < -0.39 is 23.3 Å². The van der Waals surface area contributed by atoms with Crippen molar-refractivity contribution in [2.75, 3.05) is 0 Å². The number of amides is 4. The molecule has 2 aliphatic rings. The van der Waals surface area contributed by atoms with E-state index in [4.69, 9.17) is 4.52 Å². The smallest absolute Gasteiger partial charge is 0.331 e. The number of carbonyl (C=O) groups is 3. The van der Waals surface area contributed by atoms with Gasteiger partial charge in [-0.1, -0.05) is 11.6 Å². The van der Waals surface area contributed by atoms with E-state index in [0.717, 1.165) is 11.3 Å². The zero-order valence-corrected chi connectivity index (χ0v) is 10.3. The van der Waals surface area contributed by atoms with Gasteiger partial charge in [0.2, 0.25) is 17.7 Å². The predicted molar refractivity (Wildman–Crippen MR) is 59.4 cm³/mol. The van der Waals surface area contributed by atoms with Crippen molar-refractivity contribution in [3.63, 3.8) is 0 Å². The number of aromatic nitrogens is 2. The molecule has 1 aliphatic heterocycles. The SMILES string of the molecule is Cc1noc(CN2C(=O)NC(=O)C3(CCC3)C2=O)n1. The highest BCUT2D eigenvalue weighted by Crippen LogP contribution is 2.44. The van der Waals surface area contributed by atoms with Crippen molar-refractivity contribution >= 4 is 17.8 Å². The summed E-state index contributed by atoms with van der Waals surface area (Å²) in [5.74, 6) is -0.366. The van der Waals surface area contributed by atoms with Crippen LogP contribution in [0, 0.1) is 12.3 Å². The number of carbonyl (C=O) groups excluding carboxylic acids is 3. The molecule has 0 aromatic carbocycles. The molecule has 0 unspecified atom stereocenters. The number of hydrogen-bond acceptors (Lipinski definition) is 6. The molecule has 1 N–H and O–H groups in total. The average Bonchev–Trinajstić information content (AvgIpc) is 2.68. The molecule has 2 fully saturated rings. The highest BCUT2D eigenvalue weighted by atomic mass is 16.5. The molecule has 4 amide bonds. The third kappa shape index (κ3) is 1.63. The highest BCUT2D eigenvalue weighted by Gasteiger charge is 2.57. The Morgan fingerprint density at radius 2 is 2.11 bits per heavy atom. The molecule has 100 valence electrons. The lowest BCUT2D eigenvalue weighted by molar-refractivity contribution is -0.158. The van der Waals surface area contributed by atoms with Crippen LogP contribution in [0.5, 0.6) is 0 Å². The number of imide groups is 2. The number of hydrogen-bond donors (Lipinski definition) is 1. The van der Waals surface area contributed by atoms with Gasteiger partial charge in [0, 0.05) is 0 Å². The Kier molecular flexibility index (Phi) is 2.41. The van der Waals surface area contributed by atoms with E-state index in [-0.39, 0.29) is 12.4 Å². The monoisotopic (exact) mass is 264 g/mol. The van der Waals surface area contributed by atoms with Gasteiger partial charge in [-0.25, -0.2) is 4.79 Å². The van der Waals surface area contributed by atoms with Crippen LogP contribution in [0.4, 0.5) is 4.79 Å². The van der Waals surface area contributed by atoms with Gasteiger partial charge in [-0.15, -0.1) is 0 Å². The molecule has 0 atom stereocenters. The molecule has 1 saturated carbocycles. The Balaban J connectivity index is 1.85. The topological polar surface area (TPSA) is 105 Å². The fourth-order valence-corrected chi connectivity index (χ4v) is 2.39. The quantitative estimate of drug-likeness (QED) is 0.761. The van der Waals surface area contributed by atoms with E-state index in [9.17, 15) is 14.4 Å². The standard InChI is InChI=1S/C11H12N4O4/c1-6-12-7(19-14-6)5-15-9(17)11(3-2-4-11)8(16)13-10(15)18/h2-5H2,1H3,(H,13,16,18). The van der Waals surface area contributed by atoms with Gasteiger partial charge >= 0.3 is 6.03 Å². The fraction of sp³-hybridized carbons (Fsp3) is 0.545. The van der Waals surface area contributed by atoms with Gasteiger partial charge in [0.1, 0.15) is 12.0 Å². The van der Waals surface area contributed by atoms with Crippen molar-refractivity contribution in [3.8, 4) is 0 Å². The first-order valence-electron chi connectivity index (χ1n) is 5.99. The number of nitrogens with one attached hydrogen (secondary N) is 1. The Morgan fingerprint density at radius 1 is 1.37 bits per heavy atom. The van der Waals surface area contributed by atoms with Crippen LogP contribution in [-0.4, -0.2) is 32.9 Å². The van der Waals surface area contributed by atoms with E-state index in [1.807, 2.05) is 0 Å². The van der Waals surface area contributed by atoms with Gasteiger partial charge in [0.25, 0.3) is 0 Å². The molecule has 1 saturated heterocycles. The van der Waals surface area contributed by atoms with Crippen LogP contribution < -0.4 is 5.32 Å². The minimum absolute atomic E-state index is 0.111. The lowest BCUT2D eigenvalue weighted by Gasteiger charge is -2.44. The Morgan fingerprint density at radius 3 is 2.63 bits per heavy atom. The molecule has 19 heavy (non-hydrogen) atoms. The molecule has 1 aromatic rings. The third-order valence-electron chi connectivity index (χ3n) is 3.62. The molecule has 2 heterocycles. The van der Waals surface area contributed by atoms with Crippen molar-refractivity contribution in [2.45, 2.75) is 32.7 Å². The summed E-state index contributed by atoms with van der Waals surface area (Å²) in [6.45, 7) is 1.53. The van der Waals surface area contributed by atoms with E-state index in [0.29, 0.717) is 18.7 Å². The molecule has 1 aliphatic carbocycles. The summed E-state index contributed by atoms with van der Waals surface area (Å²) >= 11 is 0. The van der Waals surface area contributed by atoms with Crippen LogP contribution >= 0.6 is 0 Å². The fourth-order valence-electron chi connectivity index (χ4n) is 2.39. The summed E-state index contributed by atoms with van der Waals surface area (Å²) in [4.78, 5) is 40.8. The molecule has 1 aromatic heterocycles. The van der Waals surface area contributed by atoms with Gasteiger partial charge in [-0.3, -0.25) is 19.8 Å². The third-order valence-corrected chi connectivity index (χ3v) is 3.62. The minimum atomic E-state index is -1.07. The average molecular weight is 264 g/mol. The Hall–Kier alpha value is -2.25. The zero-order chi connectivity index (χ0) is 13.6. The first-order chi connectivity index (χ1) is 9.03. The molecule has 0 radical (unpaired) electrons. The van der Waals surface area contributed by atoms with Crippen LogP contribution in [0.2, 0.25) is 0 Å². The number of aryl methyl sites for hydroxylation is 1. The summed E-state index contributed by atoms with van der Waals surface area (Å²) in [6, 6.07) is -0.733. The first-order valence-corrected chi connectivity index (χ1v) is 5.99. The van der Waals surface area contributed by atoms with Crippen LogP contribution in [0.15, 0.2) is 4.52 Å². The van der Waals surface area contributed by atoms with Crippen LogP contribution in [-0.2, 0) is 16.1 Å². The van der Waals surface area contributed by atoms with E-state index >= 15 is 0 Å². The zero-order valence-electron chi connectivity index (χ0n) is 10.3. The van der Waals surface area contributed by atoms with Crippen molar-refractivity contribution in [2.24, 2.45) is 5.41 Å². The van der Waals surface area contributed by atoms with Gasteiger partial charge in [0.15, 0.2) is 5.82 Å². The first kappa shape index (κ1) is 11.8. The van der Waals surface area contributed by atoms with Crippen molar-refractivity contribution < 1.29 is 18.9 Å². The summed E-state index contributed by atoms with van der Waals surface area (Å²) in [5, 5.41) is 5.81. The number of nitrogens with zero attached hydrogens (tertiary/aromatic N) is 3. The molecular formula is C11H12N4O4. The Labute approximate surface area is 108 Å². The maximum Gasteiger partial charge on any atom is 0.331 e. The number of barbiturate groups is 1. The van der Waals surface area contributed by atoms with E-state index in [2.05, 4.69) is 15.5 Å². The normalized spacial score (nSPS) is 21.5. The predicted octanol–water partition coefficient (Wildman–Crippen LogP) is 0.127. The second-order valence-electron chi connectivity index (χ2n) is 4.82. The van der Waals surface area contributed by atoms with Crippen LogP contribution in [0.25, 0.3) is 0 Å². The van der Waals surface area contributed by atoms with E-state index in [1.54, 1.807) is 6.92 Å². The summed E-state index contributed by atoms with van der Waals surface area (Å²) < 4.78 is 4.89. The van der Waals surface area contributed by atoms with Gasteiger partial charge < -0.3 is 4.52 Å². The molecule has 8 nitrogen and oxygen atoms in total. The van der Waals surface area contributed by atoms with Crippen molar-refractivity contribution in [3.05, 3.63) is 11.7 Å². The summed E-state index contributed by atoms with van der Waals surface area (Å²) in [6.07, 6.45) is 1.76. The second kappa shape index (κ2) is 3.87. The number of rotatable bonds is 2. The molecule has 3 rings (SSSR count). The maximum absolute atomic E-state index is 12.3. The van der Waals surface area contributed by atoms with Gasteiger partial charge in [-0.05, 0) is 19.8 Å². The van der Waals surface area contributed by atoms with E-state index in [1.165, 1.54) is 0 Å². The summed E-state index contributed by atoms with van der Waals surface area (Å²) in [7, 11) is 0. The van der Waals surface area contributed by atoms with Crippen molar-refractivity contribution in [1.29, 1.82) is 0 Å². The highest BCUT2D eigenvalue weighted by molar-refractivity contribution is 6.19. The second-order valence-corrected chi connectivity index (χ2v) is 4.82. The minimum Gasteiger partial charge on any atom is -0.337 e. The van der Waals surface area contributed by atoms with Gasteiger partial charge in [0.05, 0.1) is 0 Å². The summed E-state index contributed by atoms with van der Waals surface area (Å²) in [5.41, 5.74) is -1.07. The van der Waals surface area contributed by atoms with Crippen LogP contribution in [0.1, 0.15) is 31.0 Å². The Bertz CT molecular complexity index is 575. The van der Waals surface area contributed by atoms with Gasteiger partial charge in [-0.2, -0.15) is 4.98 Å². The lowest BCUT2D eigenvalue weighted by Crippen LogP contribution is -2.65.